The molecule has 0 aromatic heterocycles. The molecule has 0 aliphatic carbocycles. The highest BCUT2D eigenvalue weighted by atomic mass is 79.9. The van der Waals surface area contributed by atoms with Crippen molar-refractivity contribution in [2.45, 2.75) is 46.5 Å². The maximum atomic E-state index is 12.2. The zero-order chi connectivity index (χ0) is 14.3. The Balaban J connectivity index is 2.56. The van der Waals surface area contributed by atoms with Crippen LogP contribution in [0.1, 0.15) is 55.5 Å². The molecule has 1 aromatic rings. The number of hydrogen-bond acceptors (Lipinski definition) is 1. The summed E-state index contributed by atoms with van der Waals surface area (Å²) < 4.78 is 0.946. The van der Waals surface area contributed by atoms with Gasteiger partial charge in [-0.2, -0.15) is 0 Å². The average molecular weight is 326 g/mol. The Kier molecular flexibility index (Phi) is 7.14. The first-order valence-corrected chi connectivity index (χ1v) is 7.92. The third-order valence-electron chi connectivity index (χ3n) is 3.54. The number of benzene rings is 1. The maximum Gasteiger partial charge on any atom is 0.251 e. The van der Waals surface area contributed by atoms with Crippen LogP contribution < -0.4 is 5.32 Å². The van der Waals surface area contributed by atoms with E-state index < -0.39 is 0 Å². The van der Waals surface area contributed by atoms with E-state index in [-0.39, 0.29) is 5.91 Å². The van der Waals surface area contributed by atoms with E-state index in [1.165, 1.54) is 19.3 Å². The lowest BCUT2D eigenvalue weighted by molar-refractivity contribution is 0.0945. The third kappa shape index (κ3) is 5.35. The quantitative estimate of drug-likeness (QED) is 0.773. The Morgan fingerprint density at radius 3 is 2.74 bits per heavy atom. The van der Waals surface area contributed by atoms with Crippen LogP contribution in [0.15, 0.2) is 22.7 Å². The van der Waals surface area contributed by atoms with E-state index in [1.54, 1.807) is 0 Å². The molecule has 0 spiro atoms. The van der Waals surface area contributed by atoms with Gasteiger partial charge in [-0.05, 0) is 37.0 Å². The van der Waals surface area contributed by atoms with Gasteiger partial charge in [0.1, 0.15) is 0 Å². The molecule has 1 rings (SSSR count). The summed E-state index contributed by atoms with van der Waals surface area (Å²) in [5.41, 5.74) is 1.78. The van der Waals surface area contributed by atoms with Crippen LogP contribution in [-0.4, -0.2) is 12.5 Å². The summed E-state index contributed by atoms with van der Waals surface area (Å²) in [5.74, 6) is 0.630. The fourth-order valence-corrected chi connectivity index (χ4v) is 2.48. The molecular formula is C16H24BrNO. The van der Waals surface area contributed by atoms with E-state index in [1.807, 2.05) is 25.1 Å². The van der Waals surface area contributed by atoms with E-state index in [2.05, 4.69) is 35.1 Å². The number of hydrogen-bond donors (Lipinski definition) is 1. The van der Waals surface area contributed by atoms with Crippen LogP contribution >= 0.6 is 15.9 Å². The third-order valence-corrected chi connectivity index (χ3v) is 4.03. The van der Waals surface area contributed by atoms with Gasteiger partial charge in [0.05, 0.1) is 0 Å². The van der Waals surface area contributed by atoms with Gasteiger partial charge in [0.25, 0.3) is 5.91 Å². The van der Waals surface area contributed by atoms with Crippen molar-refractivity contribution in [3.63, 3.8) is 0 Å². The molecule has 0 saturated carbocycles. The van der Waals surface area contributed by atoms with E-state index in [0.29, 0.717) is 5.92 Å². The van der Waals surface area contributed by atoms with Gasteiger partial charge in [0, 0.05) is 16.6 Å². The fraction of sp³-hybridized carbons (Fsp3) is 0.562. The Morgan fingerprint density at radius 1 is 1.37 bits per heavy atom. The van der Waals surface area contributed by atoms with Crippen LogP contribution in [0.3, 0.4) is 0 Å². The van der Waals surface area contributed by atoms with E-state index in [4.69, 9.17) is 0 Å². The molecular weight excluding hydrogens is 302 g/mol. The lowest BCUT2D eigenvalue weighted by atomic mass is 9.99. The summed E-state index contributed by atoms with van der Waals surface area (Å²) in [4.78, 5) is 12.2. The van der Waals surface area contributed by atoms with Gasteiger partial charge in [-0.1, -0.05) is 55.1 Å². The second-order valence-corrected chi connectivity index (χ2v) is 6.00. The van der Waals surface area contributed by atoms with Crippen molar-refractivity contribution in [1.82, 2.24) is 5.32 Å². The molecule has 0 saturated heterocycles. The first kappa shape index (κ1) is 16.2. The van der Waals surface area contributed by atoms with Crippen molar-refractivity contribution >= 4 is 21.8 Å². The largest absolute Gasteiger partial charge is 0.352 e. The minimum absolute atomic E-state index is 0.0359. The predicted molar refractivity (Wildman–Crippen MR) is 84.5 cm³/mol. The first-order valence-electron chi connectivity index (χ1n) is 7.12. The van der Waals surface area contributed by atoms with E-state index >= 15 is 0 Å². The van der Waals surface area contributed by atoms with Crippen molar-refractivity contribution in [3.05, 3.63) is 33.8 Å². The molecule has 1 amide bonds. The number of carbonyl (C=O) groups is 1. The monoisotopic (exact) mass is 325 g/mol. The molecule has 106 valence electrons. The topological polar surface area (TPSA) is 29.1 Å². The van der Waals surface area contributed by atoms with Gasteiger partial charge in [0.15, 0.2) is 0 Å². The number of aryl methyl sites for hydroxylation is 1. The Hall–Kier alpha value is -0.830. The zero-order valence-electron chi connectivity index (χ0n) is 12.1. The lowest BCUT2D eigenvalue weighted by Crippen LogP contribution is -2.29. The highest BCUT2D eigenvalue weighted by molar-refractivity contribution is 9.10. The van der Waals surface area contributed by atoms with Crippen LogP contribution in [-0.2, 0) is 0 Å². The first-order chi connectivity index (χ1) is 9.08. The molecule has 0 fully saturated rings. The van der Waals surface area contributed by atoms with Gasteiger partial charge in [-0.3, -0.25) is 4.79 Å². The maximum absolute atomic E-state index is 12.2. The summed E-state index contributed by atoms with van der Waals surface area (Å²) in [6, 6.07) is 5.81. The standard InChI is InChI=1S/C16H24BrNO/c1-4-6-7-13(5-2)11-18-16(19)15-10-14(17)9-8-12(15)3/h8-10,13H,4-7,11H2,1-3H3,(H,18,19). The van der Waals surface area contributed by atoms with Gasteiger partial charge < -0.3 is 5.32 Å². The van der Waals surface area contributed by atoms with E-state index in [9.17, 15) is 4.79 Å². The predicted octanol–water partition coefficient (Wildman–Crippen LogP) is 4.70. The minimum Gasteiger partial charge on any atom is -0.352 e. The molecule has 2 nitrogen and oxygen atoms in total. The molecule has 1 atom stereocenters. The Morgan fingerprint density at radius 2 is 2.11 bits per heavy atom. The number of rotatable bonds is 7. The minimum atomic E-state index is 0.0359. The van der Waals surface area contributed by atoms with Crippen molar-refractivity contribution in [1.29, 1.82) is 0 Å². The summed E-state index contributed by atoms with van der Waals surface area (Å²) in [7, 11) is 0. The second-order valence-electron chi connectivity index (χ2n) is 5.09. The van der Waals surface area contributed by atoms with Crippen LogP contribution in [0.5, 0.6) is 0 Å². The molecule has 1 unspecified atom stereocenters. The summed E-state index contributed by atoms with van der Waals surface area (Å²) in [6.45, 7) is 7.14. The van der Waals surface area contributed by atoms with Gasteiger partial charge in [0.2, 0.25) is 0 Å². The molecule has 1 aromatic carbocycles. The van der Waals surface area contributed by atoms with Crippen molar-refractivity contribution < 1.29 is 4.79 Å². The molecule has 3 heteroatoms. The number of nitrogens with one attached hydrogen (secondary N) is 1. The average Bonchev–Trinajstić information content (AvgIpc) is 2.41. The summed E-state index contributed by atoms with van der Waals surface area (Å²) in [5, 5.41) is 3.07. The van der Waals surface area contributed by atoms with Gasteiger partial charge in [-0.15, -0.1) is 0 Å². The van der Waals surface area contributed by atoms with Crippen LogP contribution in [0.2, 0.25) is 0 Å². The number of halogens is 1. The van der Waals surface area contributed by atoms with Crippen LogP contribution in [0, 0.1) is 12.8 Å². The van der Waals surface area contributed by atoms with Crippen molar-refractivity contribution in [2.75, 3.05) is 6.54 Å². The Labute approximate surface area is 125 Å². The molecule has 0 aliphatic rings. The smallest absolute Gasteiger partial charge is 0.251 e. The van der Waals surface area contributed by atoms with E-state index in [0.717, 1.165) is 28.6 Å². The van der Waals surface area contributed by atoms with Gasteiger partial charge in [-0.25, -0.2) is 0 Å². The highest BCUT2D eigenvalue weighted by Gasteiger charge is 2.12. The normalized spacial score (nSPS) is 12.2. The lowest BCUT2D eigenvalue weighted by Gasteiger charge is -2.16. The summed E-state index contributed by atoms with van der Waals surface area (Å²) in [6.07, 6.45) is 4.78. The molecule has 0 bridgehead atoms. The summed E-state index contributed by atoms with van der Waals surface area (Å²) >= 11 is 3.41. The number of carbonyl (C=O) groups excluding carboxylic acids is 1. The van der Waals surface area contributed by atoms with Crippen molar-refractivity contribution in [3.8, 4) is 0 Å². The molecule has 0 heterocycles. The second kappa shape index (κ2) is 8.36. The van der Waals surface area contributed by atoms with Crippen LogP contribution in [0.25, 0.3) is 0 Å². The fourth-order valence-electron chi connectivity index (χ4n) is 2.11. The van der Waals surface area contributed by atoms with Crippen LogP contribution in [0.4, 0.5) is 0 Å². The molecule has 0 aliphatic heterocycles. The van der Waals surface area contributed by atoms with Gasteiger partial charge >= 0.3 is 0 Å². The highest BCUT2D eigenvalue weighted by Crippen LogP contribution is 2.16. The zero-order valence-corrected chi connectivity index (χ0v) is 13.7. The number of amides is 1. The number of unbranched alkanes of at least 4 members (excludes halogenated alkanes) is 1. The SMILES string of the molecule is CCCCC(CC)CNC(=O)c1cc(Br)ccc1C. The Bertz CT molecular complexity index is 417. The molecule has 1 N–H and O–H groups in total. The molecule has 0 radical (unpaired) electrons. The van der Waals surface area contributed by atoms with Crippen molar-refractivity contribution in [2.24, 2.45) is 5.92 Å². The molecule has 19 heavy (non-hydrogen) atoms.